The molecule has 38 heavy (non-hydrogen) atoms. The van der Waals surface area contributed by atoms with Gasteiger partial charge in [0.05, 0.1) is 24.1 Å². The Labute approximate surface area is 228 Å². The van der Waals surface area contributed by atoms with Gasteiger partial charge < -0.3 is 9.84 Å². The zero-order chi connectivity index (χ0) is 28.3. The summed E-state index contributed by atoms with van der Waals surface area (Å²) in [6.45, 7) is 10.5. The van der Waals surface area contributed by atoms with Crippen molar-refractivity contribution in [2.75, 3.05) is 10.6 Å². The molecular formula is C29H31ClFNO5S. The summed E-state index contributed by atoms with van der Waals surface area (Å²) in [6, 6.07) is 9.88. The number of hydrogen-bond donors (Lipinski definition) is 1. The van der Waals surface area contributed by atoms with Crippen molar-refractivity contribution < 1.29 is 27.4 Å². The number of benzene rings is 3. The fraction of sp³-hybridized carbons (Fsp3) is 0.345. The van der Waals surface area contributed by atoms with Gasteiger partial charge in [0.15, 0.2) is 6.10 Å². The number of carboxylic acids is 1. The van der Waals surface area contributed by atoms with Crippen LogP contribution >= 0.6 is 11.6 Å². The van der Waals surface area contributed by atoms with E-state index in [9.17, 15) is 18.3 Å². The monoisotopic (exact) mass is 559 g/mol. The second-order valence-electron chi connectivity index (χ2n) is 10.7. The van der Waals surface area contributed by atoms with Crippen LogP contribution in [-0.2, 0) is 26.1 Å². The van der Waals surface area contributed by atoms with Crippen LogP contribution < -0.4 is 4.31 Å². The number of fused-ring (bicyclic) bond motifs is 3. The summed E-state index contributed by atoms with van der Waals surface area (Å²) in [5.74, 6) is -1.70. The molecule has 0 aromatic heterocycles. The number of hydrogen-bond acceptors (Lipinski definition) is 4. The van der Waals surface area contributed by atoms with Gasteiger partial charge in [0.25, 0.3) is 0 Å². The lowest BCUT2D eigenvalue weighted by molar-refractivity contribution is -0.160. The zero-order valence-electron chi connectivity index (χ0n) is 22.4. The van der Waals surface area contributed by atoms with Crippen LogP contribution in [0.1, 0.15) is 54.7 Å². The minimum absolute atomic E-state index is 0.0736. The van der Waals surface area contributed by atoms with Crippen LogP contribution in [0.4, 0.5) is 10.1 Å². The summed E-state index contributed by atoms with van der Waals surface area (Å²) in [6.07, 6.45) is -0.333. The van der Waals surface area contributed by atoms with E-state index in [2.05, 4.69) is 0 Å². The van der Waals surface area contributed by atoms with E-state index < -0.39 is 33.5 Å². The van der Waals surface area contributed by atoms with Gasteiger partial charge in [-0.15, -0.1) is 0 Å². The van der Waals surface area contributed by atoms with E-state index in [0.29, 0.717) is 49.5 Å². The van der Waals surface area contributed by atoms with Crippen molar-refractivity contribution in [3.8, 4) is 22.3 Å². The minimum atomic E-state index is -3.82. The van der Waals surface area contributed by atoms with E-state index in [-0.39, 0.29) is 12.2 Å². The van der Waals surface area contributed by atoms with E-state index >= 15 is 4.39 Å². The maximum Gasteiger partial charge on any atom is 0.337 e. The van der Waals surface area contributed by atoms with Gasteiger partial charge in [-0.3, -0.25) is 4.31 Å². The summed E-state index contributed by atoms with van der Waals surface area (Å²) in [4.78, 5) is 12.7. The van der Waals surface area contributed by atoms with Crippen molar-refractivity contribution in [3.63, 3.8) is 0 Å². The number of anilines is 1. The largest absolute Gasteiger partial charge is 0.479 e. The number of ether oxygens (including phenoxy) is 1. The van der Waals surface area contributed by atoms with Crippen molar-refractivity contribution in [2.24, 2.45) is 0 Å². The van der Waals surface area contributed by atoms with Gasteiger partial charge in [0, 0.05) is 21.7 Å². The van der Waals surface area contributed by atoms with Crippen LogP contribution in [0.25, 0.3) is 22.3 Å². The van der Waals surface area contributed by atoms with E-state index in [0.717, 1.165) is 11.8 Å². The van der Waals surface area contributed by atoms with Crippen molar-refractivity contribution in [3.05, 3.63) is 75.1 Å². The van der Waals surface area contributed by atoms with Gasteiger partial charge >= 0.3 is 5.97 Å². The van der Waals surface area contributed by atoms with Gasteiger partial charge in [0.1, 0.15) is 5.82 Å². The van der Waals surface area contributed by atoms with E-state index in [1.165, 1.54) is 10.4 Å². The van der Waals surface area contributed by atoms with Crippen molar-refractivity contribution in [1.82, 2.24) is 0 Å². The fourth-order valence-corrected chi connectivity index (χ4v) is 6.45. The summed E-state index contributed by atoms with van der Waals surface area (Å²) in [7, 11) is -3.82. The SMILES string of the molecule is Cc1cc(Cl)ccc1-c1c(C)c2c(c(C)c1[C@H](OC(C)(C)C)C(=O)O)N(S(C)(=O)=O)Cc1cccc(F)c1-2. The number of aryl methyl sites for hydroxylation is 1. The maximum atomic E-state index is 15.5. The standard InChI is InChI=1S/C29H31ClFNO5S/c1-15-13-19(30)11-12-20(15)22-16(2)23-25-18(9-8-10-21(25)31)14-32(38(7,35)36)26(23)17(3)24(22)27(28(33)34)37-29(4,5)6/h8-13,27H,14H2,1-7H3,(H,33,34)/t27-/m0/s1. The predicted octanol–water partition coefficient (Wildman–Crippen LogP) is 6.96. The molecule has 0 bridgehead atoms. The van der Waals surface area contributed by atoms with Crippen molar-refractivity contribution in [2.45, 2.75) is 59.8 Å². The molecule has 0 saturated heterocycles. The molecule has 0 aliphatic carbocycles. The second kappa shape index (κ2) is 9.67. The first-order valence-electron chi connectivity index (χ1n) is 12.1. The van der Waals surface area contributed by atoms with Gasteiger partial charge in [0.2, 0.25) is 10.0 Å². The molecule has 202 valence electrons. The number of sulfonamides is 1. The number of halogens is 2. The Balaban J connectivity index is 2.26. The average molecular weight is 560 g/mol. The molecule has 0 fully saturated rings. The Kier molecular flexibility index (Phi) is 7.14. The summed E-state index contributed by atoms with van der Waals surface area (Å²) >= 11 is 6.25. The van der Waals surface area contributed by atoms with Gasteiger partial charge in [-0.2, -0.15) is 0 Å². The number of carbonyl (C=O) groups is 1. The van der Waals surface area contributed by atoms with E-state index in [4.69, 9.17) is 16.3 Å². The number of carboxylic acid groups (broad SMARTS) is 1. The van der Waals surface area contributed by atoms with Crippen LogP contribution in [-0.4, -0.2) is 31.4 Å². The molecule has 1 N–H and O–H groups in total. The molecule has 9 heteroatoms. The van der Waals surface area contributed by atoms with Crippen LogP contribution in [0.15, 0.2) is 36.4 Å². The normalized spacial score (nSPS) is 14.2. The molecule has 1 aliphatic heterocycles. The van der Waals surface area contributed by atoms with Crippen LogP contribution in [0, 0.1) is 26.6 Å². The van der Waals surface area contributed by atoms with E-state index in [1.807, 2.05) is 6.92 Å². The lowest BCUT2D eigenvalue weighted by atomic mass is 9.79. The molecule has 1 atom stereocenters. The Morgan fingerprint density at radius 3 is 2.29 bits per heavy atom. The Hall–Kier alpha value is -2.94. The second-order valence-corrected chi connectivity index (χ2v) is 13.1. The highest BCUT2D eigenvalue weighted by atomic mass is 35.5. The molecule has 0 spiro atoms. The smallest absolute Gasteiger partial charge is 0.337 e. The first-order valence-corrected chi connectivity index (χ1v) is 14.3. The molecule has 0 saturated carbocycles. The Morgan fingerprint density at radius 2 is 1.74 bits per heavy atom. The van der Waals surface area contributed by atoms with Gasteiger partial charge in [-0.1, -0.05) is 29.8 Å². The maximum absolute atomic E-state index is 15.5. The Bertz CT molecular complexity index is 1580. The lowest BCUT2D eigenvalue weighted by Crippen LogP contribution is -2.35. The Morgan fingerprint density at radius 1 is 1.08 bits per heavy atom. The molecule has 0 amide bonds. The molecule has 6 nitrogen and oxygen atoms in total. The third kappa shape index (κ3) is 4.93. The summed E-state index contributed by atoms with van der Waals surface area (Å²) in [5.41, 5.74) is 3.98. The summed E-state index contributed by atoms with van der Waals surface area (Å²) < 4.78 is 48.9. The van der Waals surface area contributed by atoms with Crippen molar-refractivity contribution >= 4 is 33.3 Å². The van der Waals surface area contributed by atoms with E-state index in [1.54, 1.807) is 65.0 Å². The van der Waals surface area contributed by atoms with Gasteiger partial charge in [-0.25, -0.2) is 17.6 Å². The molecule has 0 unspecified atom stereocenters. The van der Waals surface area contributed by atoms with Crippen LogP contribution in [0.3, 0.4) is 0 Å². The molecule has 3 aromatic rings. The molecule has 4 rings (SSSR count). The predicted molar refractivity (Wildman–Crippen MR) is 149 cm³/mol. The molecule has 1 aliphatic rings. The van der Waals surface area contributed by atoms with Gasteiger partial charge in [-0.05, 0) is 93.1 Å². The third-order valence-electron chi connectivity index (χ3n) is 6.74. The third-order valence-corrected chi connectivity index (χ3v) is 8.09. The quantitative estimate of drug-likeness (QED) is 0.365. The van der Waals surface area contributed by atoms with Crippen LogP contribution in [0.5, 0.6) is 0 Å². The summed E-state index contributed by atoms with van der Waals surface area (Å²) in [5, 5.41) is 10.9. The highest BCUT2D eigenvalue weighted by molar-refractivity contribution is 7.92. The first-order chi connectivity index (χ1) is 17.5. The first kappa shape index (κ1) is 28.1. The zero-order valence-corrected chi connectivity index (χ0v) is 24.0. The lowest BCUT2D eigenvalue weighted by Gasteiger charge is -2.37. The number of rotatable bonds is 5. The van der Waals surface area contributed by atoms with Crippen LogP contribution in [0.2, 0.25) is 5.02 Å². The average Bonchev–Trinajstić information content (AvgIpc) is 2.78. The molecule has 0 radical (unpaired) electrons. The molecule has 3 aromatic carbocycles. The molecular weight excluding hydrogens is 529 g/mol. The highest BCUT2D eigenvalue weighted by Gasteiger charge is 2.39. The number of aliphatic carboxylic acids is 1. The highest BCUT2D eigenvalue weighted by Crippen LogP contribution is 2.52. The topological polar surface area (TPSA) is 83.9 Å². The van der Waals surface area contributed by atoms with Crippen molar-refractivity contribution in [1.29, 1.82) is 0 Å². The minimum Gasteiger partial charge on any atom is -0.479 e. The fourth-order valence-electron chi connectivity index (χ4n) is 5.29. The molecule has 1 heterocycles. The number of nitrogens with zero attached hydrogens (tertiary/aromatic N) is 1.